The molecule has 1 saturated heterocycles. The average Bonchev–Trinajstić information content (AvgIpc) is 2.94. The van der Waals surface area contributed by atoms with Gasteiger partial charge in [0.1, 0.15) is 6.04 Å². The first-order chi connectivity index (χ1) is 9.59. The quantitative estimate of drug-likeness (QED) is 0.795. The molecule has 0 unspecified atom stereocenters. The maximum absolute atomic E-state index is 12.3. The van der Waals surface area contributed by atoms with Crippen molar-refractivity contribution in [1.82, 2.24) is 9.80 Å². The molecule has 1 aromatic rings. The topological polar surface area (TPSA) is 40.6 Å². The van der Waals surface area contributed by atoms with Crippen LogP contribution in [0.3, 0.4) is 0 Å². The molecular formula is C14H18N2O2S2. The zero-order valence-electron chi connectivity index (χ0n) is 11.6. The van der Waals surface area contributed by atoms with Crippen molar-refractivity contribution in [1.29, 1.82) is 0 Å². The minimum atomic E-state index is -0.307. The van der Waals surface area contributed by atoms with Gasteiger partial charge in [-0.25, -0.2) is 0 Å². The van der Waals surface area contributed by atoms with Crippen LogP contribution in [0.2, 0.25) is 0 Å². The van der Waals surface area contributed by atoms with Crippen molar-refractivity contribution >= 4 is 35.3 Å². The number of nitrogens with zero attached hydrogens (tertiary/aromatic N) is 2. The van der Waals surface area contributed by atoms with E-state index < -0.39 is 0 Å². The van der Waals surface area contributed by atoms with Gasteiger partial charge in [0.15, 0.2) is 0 Å². The lowest BCUT2D eigenvalue weighted by Gasteiger charge is -2.25. The third-order valence-corrected chi connectivity index (χ3v) is 5.04. The Labute approximate surface area is 127 Å². The number of thioether (sulfide) groups is 2. The van der Waals surface area contributed by atoms with E-state index in [0.29, 0.717) is 17.4 Å². The molecule has 2 rings (SSSR count). The van der Waals surface area contributed by atoms with Crippen LogP contribution in [0, 0.1) is 0 Å². The minimum absolute atomic E-state index is 0.00746. The standard InChI is InChI=1S/C14H18N2O2S2/c1-15(2)14(18)12-8-19-10-16(12)13(17)9-20-11-6-4-3-5-7-11/h3-7,12H,8-10H2,1-2H3/t12-/m0/s1. The molecule has 4 nitrogen and oxygen atoms in total. The van der Waals surface area contributed by atoms with E-state index in [2.05, 4.69) is 0 Å². The van der Waals surface area contributed by atoms with Crippen LogP contribution in [0.4, 0.5) is 0 Å². The number of likely N-dealkylation sites (N-methyl/N-ethyl adjacent to an activating group) is 1. The average molecular weight is 310 g/mol. The second kappa shape index (κ2) is 7.04. The fraction of sp³-hybridized carbons (Fsp3) is 0.429. The highest BCUT2D eigenvalue weighted by Gasteiger charge is 2.35. The summed E-state index contributed by atoms with van der Waals surface area (Å²) in [4.78, 5) is 28.6. The SMILES string of the molecule is CN(C)C(=O)[C@@H]1CSCN1C(=O)CSc1ccccc1. The van der Waals surface area contributed by atoms with E-state index in [4.69, 9.17) is 0 Å². The molecule has 0 N–H and O–H groups in total. The maximum atomic E-state index is 12.3. The van der Waals surface area contributed by atoms with E-state index >= 15 is 0 Å². The Balaban J connectivity index is 1.93. The van der Waals surface area contributed by atoms with Gasteiger partial charge < -0.3 is 9.80 Å². The van der Waals surface area contributed by atoms with Gasteiger partial charge in [0.25, 0.3) is 0 Å². The van der Waals surface area contributed by atoms with Crippen LogP contribution in [-0.4, -0.2) is 59.1 Å². The van der Waals surface area contributed by atoms with Gasteiger partial charge in [0, 0.05) is 24.7 Å². The van der Waals surface area contributed by atoms with Crippen molar-refractivity contribution < 1.29 is 9.59 Å². The second-order valence-electron chi connectivity index (χ2n) is 4.71. The number of rotatable bonds is 4. The summed E-state index contributed by atoms with van der Waals surface area (Å²) >= 11 is 3.15. The van der Waals surface area contributed by atoms with E-state index in [1.807, 2.05) is 30.3 Å². The van der Waals surface area contributed by atoms with E-state index in [1.54, 1.807) is 35.7 Å². The summed E-state index contributed by atoms with van der Waals surface area (Å²) in [5.41, 5.74) is 0. The van der Waals surface area contributed by atoms with Crippen LogP contribution in [0.1, 0.15) is 0 Å². The van der Waals surface area contributed by atoms with Crippen LogP contribution in [0.5, 0.6) is 0 Å². The number of carbonyl (C=O) groups is 2. The van der Waals surface area contributed by atoms with Crippen molar-refractivity contribution in [2.45, 2.75) is 10.9 Å². The Hall–Kier alpha value is -1.14. The highest BCUT2D eigenvalue weighted by atomic mass is 32.2. The van der Waals surface area contributed by atoms with Gasteiger partial charge in [0.2, 0.25) is 11.8 Å². The zero-order valence-corrected chi connectivity index (χ0v) is 13.2. The van der Waals surface area contributed by atoms with E-state index in [9.17, 15) is 9.59 Å². The summed E-state index contributed by atoms with van der Waals surface area (Å²) in [6.07, 6.45) is 0. The minimum Gasteiger partial charge on any atom is -0.347 e. The van der Waals surface area contributed by atoms with E-state index in [1.165, 1.54) is 11.8 Å². The summed E-state index contributed by atoms with van der Waals surface area (Å²) in [7, 11) is 3.46. The molecule has 0 aliphatic carbocycles. The summed E-state index contributed by atoms with van der Waals surface area (Å²) in [5.74, 6) is 1.72. The lowest BCUT2D eigenvalue weighted by atomic mass is 10.2. The highest BCUT2D eigenvalue weighted by molar-refractivity contribution is 8.00. The fourth-order valence-corrected chi connectivity index (χ4v) is 3.91. The largest absolute Gasteiger partial charge is 0.347 e. The van der Waals surface area contributed by atoms with Gasteiger partial charge in [-0.05, 0) is 12.1 Å². The third-order valence-electron chi connectivity index (χ3n) is 3.03. The second-order valence-corrected chi connectivity index (χ2v) is 6.76. The zero-order chi connectivity index (χ0) is 14.5. The molecule has 0 radical (unpaired) electrons. The highest BCUT2D eigenvalue weighted by Crippen LogP contribution is 2.24. The molecule has 0 aromatic heterocycles. The van der Waals surface area contributed by atoms with Gasteiger partial charge in [0.05, 0.1) is 11.6 Å². The van der Waals surface area contributed by atoms with E-state index in [-0.39, 0.29) is 17.9 Å². The van der Waals surface area contributed by atoms with Crippen molar-refractivity contribution in [3.8, 4) is 0 Å². The summed E-state index contributed by atoms with van der Waals surface area (Å²) in [6, 6.07) is 9.53. The lowest BCUT2D eigenvalue weighted by molar-refractivity contribution is -0.140. The summed E-state index contributed by atoms with van der Waals surface area (Å²) in [5, 5.41) is 0. The molecule has 1 aliphatic rings. The predicted molar refractivity (Wildman–Crippen MR) is 83.8 cm³/mol. The molecule has 1 aliphatic heterocycles. The van der Waals surface area contributed by atoms with Crippen molar-refractivity contribution in [2.75, 3.05) is 31.5 Å². The molecule has 1 fully saturated rings. The van der Waals surface area contributed by atoms with Crippen molar-refractivity contribution in [3.63, 3.8) is 0 Å². The van der Waals surface area contributed by atoms with Crippen LogP contribution >= 0.6 is 23.5 Å². The van der Waals surface area contributed by atoms with Gasteiger partial charge in [-0.2, -0.15) is 0 Å². The lowest BCUT2D eigenvalue weighted by Crippen LogP contribution is -2.47. The van der Waals surface area contributed by atoms with Gasteiger partial charge in [-0.1, -0.05) is 18.2 Å². The molecule has 2 amide bonds. The first kappa shape index (κ1) is 15.3. The molecule has 108 valence electrons. The van der Waals surface area contributed by atoms with Gasteiger partial charge in [-0.3, -0.25) is 9.59 Å². The molecule has 0 spiro atoms. The summed E-state index contributed by atoms with van der Waals surface area (Å²) < 4.78 is 0. The number of amides is 2. The Morgan fingerprint density at radius 3 is 2.70 bits per heavy atom. The third kappa shape index (κ3) is 3.70. The van der Waals surface area contributed by atoms with Crippen molar-refractivity contribution in [2.24, 2.45) is 0 Å². The first-order valence-electron chi connectivity index (χ1n) is 6.36. The van der Waals surface area contributed by atoms with Crippen LogP contribution in [0.15, 0.2) is 35.2 Å². The normalized spacial score (nSPS) is 18.1. The Morgan fingerprint density at radius 2 is 2.05 bits per heavy atom. The molecule has 20 heavy (non-hydrogen) atoms. The molecule has 1 heterocycles. The summed E-state index contributed by atoms with van der Waals surface area (Å²) in [6.45, 7) is 0. The number of carbonyl (C=O) groups excluding carboxylic acids is 2. The van der Waals surface area contributed by atoms with Crippen LogP contribution < -0.4 is 0 Å². The number of benzene rings is 1. The molecular weight excluding hydrogens is 292 g/mol. The molecule has 1 aromatic carbocycles. The van der Waals surface area contributed by atoms with E-state index in [0.717, 1.165) is 4.90 Å². The van der Waals surface area contributed by atoms with Crippen LogP contribution in [-0.2, 0) is 9.59 Å². The predicted octanol–water partition coefficient (Wildman–Crippen LogP) is 1.77. The molecule has 0 bridgehead atoms. The Bertz CT molecular complexity index is 479. The number of hydrogen-bond acceptors (Lipinski definition) is 4. The monoisotopic (exact) mass is 310 g/mol. The maximum Gasteiger partial charge on any atom is 0.245 e. The number of hydrogen-bond donors (Lipinski definition) is 0. The van der Waals surface area contributed by atoms with Crippen LogP contribution in [0.25, 0.3) is 0 Å². The van der Waals surface area contributed by atoms with Gasteiger partial charge in [-0.15, -0.1) is 23.5 Å². The van der Waals surface area contributed by atoms with Crippen molar-refractivity contribution in [3.05, 3.63) is 30.3 Å². The Kier molecular flexibility index (Phi) is 5.37. The molecule has 6 heteroatoms. The molecule has 1 atom stereocenters. The Morgan fingerprint density at radius 1 is 1.35 bits per heavy atom. The van der Waals surface area contributed by atoms with Gasteiger partial charge >= 0.3 is 0 Å². The smallest absolute Gasteiger partial charge is 0.245 e. The fourth-order valence-electron chi connectivity index (χ4n) is 1.94. The molecule has 0 saturated carbocycles. The first-order valence-corrected chi connectivity index (χ1v) is 8.50.